The number of ketones is 1. The number of methoxy groups -OCH3 is 1. The highest BCUT2D eigenvalue weighted by atomic mass is 32.2. The number of nitrogens with one attached hydrogen (secondary N) is 1. The molecule has 1 unspecified atom stereocenters. The molecular weight excluding hydrogens is 296 g/mol. The molecule has 22 heavy (non-hydrogen) atoms. The number of hydrogen-bond acceptors (Lipinski definition) is 4. The highest BCUT2D eigenvalue weighted by Gasteiger charge is 2.18. The van der Waals surface area contributed by atoms with Crippen LogP contribution in [-0.4, -0.2) is 28.1 Å². The van der Waals surface area contributed by atoms with Crippen molar-refractivity contribution in [1.82, 2.24) is 9.97 Å². The van der Waals surface area contributed by atoms with E-state index in [0.29, 0.717) is 0 Å². The zero-order chi connectivity index (χ0) is 15.5. The lowest BCUT2D eigenvalue weighted by Gasteiger charge is -2.07. The second-order valence-corrected chi connectivity index (χ2v) is 6.24. The summed E-state index contributed by atoms with van der Waals surface area (Å²) in [6, 6.07) is 15.0. The number of ether oxygens (including phenoxy) is 1. The Morgan fingerprint density at radius 2 is 2.00 bits per heavy atom. The number of thioether (sulfide) groups is 1. The number of nitrogens with zero attached hydrogens (tertiary/aromatic N) is 1. The average molecular weight is 312 g/mol. The van der Waals surface area contributed by atoms with Crippen LogP contribution in [0, 0.1) is 0 Å². The predicted molar refractivity (Wildman–Crippen MR) is 88.7 cm³/mol. The van der Waals surface area contributed by atoms with Crippen molar-refractivity contribution < 1.29 is 9.53 Å². The Bertz CT molecular complexity index is 799. The number of hydrogen-bond donors (Lipinski definition) is 1. The summed E-state index contributed by atoms with van der Waals surface area (Å²) in [7, 11) is 1.63. The van der Waals surface area contributed by atoms with Crippen molar-refractivity contribution in [3.63, 3.8) is 0 Å². The standard InChI is InChI=1S/C17H16N2O2S/c1-11(16(20)12-6-4-3-5-7-12)22-17-18-14-9-8-13(21-2)10-15(14)19-17/h3-11H,1-2H3,(H,18,19). The summed E-state index contributed by atoms with van der Waals surface area (Å²) in [4.78, 5) is 20.1. The van der Waals surface area contributed by atoms with Crippen molar-refractivity contribution in [2.24, 2.45) is 0 Å². The van der Waals surface area contributed by atoms with E-state index in [9.17, 15) is 4.79 Å². The largest absolute Gasteiger partial charge is 0.497 e. The lowest BCUT2D eigenvalue weighted by Crippen LogP contribution is -2.13. The van der Waals surface area contributed by atoms with Crippen molar-refractivity contribution in [3.8, 4) is 5.75 Å². The minimum absolute atomic E-state index is 0.101. The highest BCUT2D eigenvalue weighted by Crippen LogP contribution is 2.27. The van der Waals surface area contributed by atoms with E-state index >= 15 is 0 Å². The molecule has 112 valence electrons. The molecule has 0 amide bonds. The molecule has 3 aromatic rings. The monoisotopic (exact) mass is 312 g/mol. The summed E-state index contributed by atoms with van der Waals surface area (Å²) in [5.74, 6) is 0.879. The maximum atomic E-state index is 12.4. The molecule has 0 aliphatic heterocycles. The van der Waals surface area contributed by atoms with E-state index in [1.807, 2.05) is 55.5 Å². The van der Waals surface area contributed by atoms with Crippen molar-refractivity contribution in [2.45, 2.75) is 17.3 Å². The summed E-state index contributed by atoms with van der Waals surface area (Å²) in [5, 5.41) is 0.532. The number of Topliss-reactive ketones (excluding diaryl/α,β-unsaturated/α-hetero) is 1. The third kappa shape index (κ3) is 2.99. The summed E-state index contributed by atoms with van der Waals surface area (Å²) >= 11 is 1.43. The quantitative estimate of drug-likeness (QED) is 0.573. The minimum Gasteiger partial charge on any atom is -0.497 e. The van der Waals surface area contributed by atoms with Gasteiger partial charge in [0, 0.05) is 11.6 Å². The topological polar surface area (TPSA) is 55.0 Å². The Balaban J connectivity index is 1.79. The van der Waals surface area contributed by atoms with E-state index in [0.717, 1.165) is 27.5 Å². The molecule has 1 heterocycles. The molecule has 2 aromatic carbocycles. The first-order valence-corrected chi connectivity index (χ1v) is 7.85. The van der Waals surface area contributed by atoms with Crippen molar-refractivity contribution in [2.75, 3.05) is 7.11 Å². The number of aromatic nitrogens is 2. The van der Waals surface area contributed by atoms with Gasteiger partial charge >= 0.3 is 0 Å². The fourth-order valence-electron chi connectivity index (χ4n) is 2.21. The second kappa shape index (κ2) is 6.23. The number of H-pyrrole nitrogens is 1. The molecule has 0 radical (unpaired) electrons. The first-order valence-electron chi connectivity index (χ1n) is 6.97. The minimum atomic E-state index is -0.204. The molecule has 1 aromatic heterocycles. The number of rotatable bonds is 5. The summed E-state index contributed by atoms with van der Waals surface area (Å²) in [5.41, 5.74) is 2.49. The number of benzene rings is 2. The van der Waals surface area contributed by atoms with E-state index in [-0.39, 0.29) is 11.0 Å². The van der Waals surface area contributed by atoms with Gasteiger partial charge in [-0.2, -0.15) is 0 Å². The summed E-state index contributed by atoms with van der Waals surface area (Å²) in [6.07, 6.45) is 0. The summed E-state index contributed by atoms with van der Waals surface area (Å²) < 4.78 is 5.20. The molecule has 1 N–H and O–H groups in total. The van der Waals surface area contributed by atoms with Gasteiger partial charge in [0.05, 0.1) is 23.4 Å². The fraction of sp³-hybridized carbons (Fsp3) is 0.176. The molecule has 0 spiro atoms. The molecule has 0 fully saturated rings. The summed E-state index contributed by atoms with van der Waals surface area (Å²) in [6.45, 7) is 1.90. The van der Waals surface area contributed by atoms with Gasteiger partial charge in [-0.3, -0.25) is 4.79 Å². The molecule has 5 heteroatoms. The Morgan fingerprint density at radius 3 is 2.73 bits per heavy atom. The number of carbonyl (C=O) groups is 1. The lowest BCUT2D eigenvalue weighted by atomic mass is 10.1. The van der Waals surface area contributed by atoms with Gasteiger partial charge in [0.2, 0.25) is 0 Å². The van der Waals surface area contributed by atoms with Gasteiger partial charge in [0.25, 0.3) is 0 Å². The van der Waals surface area contributed by atoms with Crippen LogP contribution in [0.25, 0.3) is 11.0 Å². The molecular formula is C17H16N2O2S. The van der Waals surface area contributed by atoms with E-state index in [1.165, 1.54) is 11.8 Å². The van der Waals surface area contributed by atoms with Crippen LogP contribution in [-0.2, 0) is 0 Å². The normalized spacial score (nSPS) is 12.3. The average Bonchev–Trinajstić information content (AvgIpc) is 2.95. The van der Waals surface area contributed by atoms with Crippen molar-refractivity contribution >= 4 is 28.6 Å². The van der Waals surface area contributed by atoms with Crippen LogP contribution < -0.4 is 4.74 Å². The van der Waals surface area contributed by atoms with E-state index in [1.54, 1.807) is 7.11 Å². The molecule has 4 nitrogen and oxygen atoms in total. The van der Waals surface area contributed by atoms with Crippen LogP contribution in [0.1, 0.15) is 17.3 Å². The van der Waals surface area contributed by atoms with Crippen LogP contribution >= 0.6 is 11.8 Å². The van der Waals surface area contributed by atoms with Crippen LogP contribution in [0.15, 0.2) is 53.7 Å². The molecule has 0 aliphatic rings. The van der Waals surface area contributed by atoms with Gasteiger partial charge in [-0.15, -0.1) is 0 Å². The number of fused-ring (bicyclic) bond motifs is 1. The SMILES string of the molecule is COc1ccc2nc(SC(C)C(=O)c3ccccc3)[nH]c2c1. The van der Waals surface area contributed by atoms with E-state index < -0.39 is 0 Å². The Hall–Kier alpha value is -2.27. The van der Waals surface area contributed by atoms with Gasteiger partial charge in [0.15, 0.2) is 10.9 Å². The molecule has 0 bridgehead atoms. The third-order valence-electron chi connectivity index (χ3n) is 3.38. The lowest BCUT2D eigenvalue weighted by molar-refractivity contribution is 0.0994. The smallest absolute Gasteiger partial charge is 0.175 e. The van der Waals surface area contributed by atoms with Gasteiger partial charge < -0.3 is 9.72 Å². The number of carbonyl (C=O) groups excluding carboxylic acids is 1. The number of aromatic amines is 1. The Labute approximate surface area is 132 Å². The molecule has 0 saturated heterocycles. The highest BCUT2D eigenvalue weighted by molar-refractivity contribution is 8.00. The van der Waals surface area contributed by atoms with Crippen LogP contribution in [0.2, 0.25) is 0 Å². The predicted octanol–water partition coefficient (Wildman–Crippen LogP) is 3.94. The van der Waals surface area contributed by atoms with Gasteiger partial charge in [0.1, 0.15) is 5.75 Å². The van der Waals surface area contributed by atoms with E-state index in [2.05, 4.69) is 9.97 Å². The van der Waals surface area contributed by atoms with Crippen molar-refractivity contribution in [1.29, 1.82) is 0 Å². The molecule has 3 rings (SSSR count). The molecule has 1 atom stereocenters. The second-order valence-electron chi connectivity index (χ2n) is 4.92. The Morgan fingerprint density at radius 1 is 1.23 bits per heavy atom. The van der Waals surface area contributed by atoms with Crippen LogP contribution in [0.5, 0.6) is 5.75 Å². The zero-order valence-corrected chi connectivity index (χ0v) is 13.2. The zero-order valence-electron chi connectivity index (χ0n) is 12.4. The van der Waals surface area contributed by atoms with E-state index in [4.69, 9.17) is 4.74 Å². The number of imidazole rings is 1. The van der Waals surface area contributed by atoms with Gasteiger partial charge in [-0.25, -0.2) is 4.98 Å². The van der Waals surface area contributed by atoms with Crippen LogP contribution in [0.4, 0.5) is 0 Å². The Kier molecular flexibility index (Phi) is 4.15. The first kappa shape index (κ1) is 14.7. The third-order valence-corrected chi connectivity index (χ3v) is 4.37. The fourth-order valence-corrected chi connectivity index (χ4v) is 3.10. The first-order chi connectivity index (χ1) is 10.7. The van der Waals surface area contributed by atoms with Crippen molar-refractivity contribution in [3.05, 3.63) is 54.1 Å². The van der Waals surface area contributed by atoms with Gasteiger partial charge in [-0.1, -0.05) is 42.1 Å². The maximum absolute atomic E-state index is 12.4. The van der Waals surface area contributed by atoms with Crippen LogP contribution in [0.3, 0.4) is 0 Å². The maximum Gasteiger partial charge on any atom is 0.175 e. The molecule has 0 aliphatic carbocycles. The van der Waals surface area contributed by atoms with Gasteiger partial charge in [-0.05, 0) is 19.1 Å². The molecule has 0 saturated carbocycles.